The number of nitrogens with one attached hydrogen (secondary N) is 1. The molecule has 1 aromatic carbocycles. The SMILES string of the molecule is CCCNc1ccc([N+](=O)[O-])cc1CN(C)CC1CC1C. The van der Waals surface area contributed by atoms with Crippen molar-refractivity contribution in [3.8, 4) is 0 Å². The molecule has 5 heteroatoms. The third-order valence-corrected chi connectivity index (χ3v) is 4.13. The summed E-state index contributed by atoms with van der Waals surface area (Å²) in [5.74, 6) is 1.62. The summed E-state index contributed by atoms with van der Waals surface area (Å²) < 4.78 is 0. The lowest BCUT2D eigenvalue weighted by molar-refractivity contribution is -0.384. The fourth-order valence-electron chi connectivity index (χ4n) is 2.67. The van der Waals surface area contributed by atoms with Gasteiger partial charge in [-0.3, -0.25) is 10.1 Å². The fraction of sp³-hybridized carbons (Fsp3) is 0.625. The number of nitro groups is 1. The van der Waals surface area contributed by atoms with Gasteiger partial charge in [0.1, 0.15) is 0 Å². The van der Waals surface area contributed by atoms with Gasteiger partial charge < -0.3 is 10.2 Å². The second kappa shape index (κ2) is 6.89. The van der Waals surface area contributed by atoms with E-state index in [9.17, 15) is 10.1 Å². The summed E-state index contributed by atoms with van der Waals surface area (Å²) in [6.07, 6.45) is 2.34. The van der Waals surface area contributed by atoms with Gasteiger partial charge in [0.15, 0.2) is 0 Å². The summed E-state index contributed by atoms with van der Waals surface area (Å²) in [6.45, 7) is 7.08. The highest BCUT2D eigenvalue weighted by molar-refractivity contribution is 5.56. The van der Waals surface area contributed by atoms with Gasteiger partial charge in [-0.2, -0.15) is 0 Å². The van der Waals surface area contributed by atoms with Crippen molar-refractivity contribution >= 4 is 11.4 Å². The molecule has 2 unspecified atom stereocenters. The van der Waals surface area contributed by atoms with Gasteiger partial charge in [-0.05, 0) is 43.4 Å². The highest BCUT2D eigenvalue weighted by Crippen LogP contribution is 2.38. The summed E-state index contributed by atoms with van der Waals surface area (Å²) in [4.78, 5) is 12.9. The maximum Gasteiger partial charge on any atom is 0.269 e. The lowest BCUT2D eigenvalue weighted by Gasteiger charge is -2.19. The van der Waals surface area contributed by atoms with E-state index in [2.05, 4.69) is 31.1 Å². The first-order chi connectivity index (χ1) is 10.0. The summed E-state index contributed by atoms with van der Waals surface area (Å²) in [7, 11) is 2.09. The fourth-order valence-corrected chi connectivity index (χ4v) is 2.67. The molecule has 0 bridgehead atoms. The number of anilines is 1. The lowest BCUT2D eigenvalue weighted by atomic mass is 10.1. The van der Waals surface area contributed by atoms with Crippen LogP contribution in [0.4, 0.5) is 11.4 Å². The molecule has 1 aromatic rings. The van der Waals surface area contributed by atoms with Crippen LogP contribution < -0.4 is 5.32 Å². The number of benzene rings is 1. The maximum atomic E-state index is 11.0. The van der Waals surface area contributed by atoms with E-state index >= 15 is 0 Å². The quantitative estimate of drug-likeness (QED) is 0.588. The second-order valence-electron chi connectivity index (χ2n) is 6.20. The van der Waals surface area contributed by atoms with Crippen LogP contribution in [0.25, 0.3) is 0 Å². The molecule has 1 N–H and O–H groups in total. The first-order valence-corrected chi connectivity index (χ1v) is 7.71. The molecule has 21 heavy (non-hydrogen) atoms. The molecule has 0 amide bonds. The van der Waals surface area contributed by atoms with E-state index in [1.807, 2.05) is 6.07 Å². The number of nitrogens with zero attached hydrogens (tertiary/aromatic N) is 2. The van der Waals surface area contributed by atoms with E-state index in [4.69, 9.17) is 0 Å². The molecule has 2 rings (SSSR count). The molecule has 1 fully saturated rings. The van der Waals surface area contributed by atoms with Crippen LogP contribution in [0.5, 0.6) is 0 Å². The van der Waals surface area contributed by atoms with Crippen LogP contribution in [0, 0.1) is 22.0 Å². The van der Waals surface area contributed by atoms with Crippen LogP contribution in [0.1, 0.15) is 32.3 Å². The number of hydrogen-bond acceptors (Lipinski definition) is 4. The van der Waals surface area contributed by atoms with E-state index in [0.717, 1.165) is 49.1 Å². The minimum atomic E-state index is -0.323. The van der Waals surface area contributed by atoms with Crippen molar-refractivity contribution in [2.45, 2.75) is 33.2 Å². The molecule has 1 saturated carbocycles. The van der Waals surface area contributed by atoms with E-state index in [0.29, 0.717) is 0 Å². The normalized spacial score (nSPS) is 20.6. The van der Waals surface area contributed by atoms with Gasteiger partial charge in [0.05, 0.1) is 4.92 Å². The third-order valence-electron chi connectivity index (χ3n) is 4.13. The zero-order chi connectivity index (χ0) is 15.4. The molecule has 1 aliphatic carbocycles. The molecular formula is C16H25N3O2. The molecule has 0 saturated heterocycles. The van der Waals surface area contributed by atoms with E-state index in [1.54, 1.807) is 12.1 Å². The van der Waals surface area contributed by atoms with Crippen molar-refractivity contribution in [1.82, 2.24) is 4.90 Å². The Hall–Kier alpha value is -1.62. The molecule has 0 aliphatic heterocycles. The van der Waals surface area contributed by atoms with Crippen molar-refractivity contribution in [2.75, 3.05) is 25.5 Å². The summed E-state index contributed by atoms with van der Waals surface area (Å²) >= 11 is 0. The number of nitro benzene ring substituents is 1. The van der Waals surface area contributed by atoms with Gasteiger partial charge in [0, 0.05) is 37.5 Å². The van der Waals surface area contributed by atoms with Crippen LogP contribution in [-0.4, -0.2) is 30.0 Å². The first kappa shape index (κ1) is 15.8. The van der Waals surface area contributed by atoms with Crippen molar-refractivity contribution in [3.63, 3.8) is 0 Å². The standard InChI is InChI=1S/C16H25N3O2/c1-4-7-17-16-6-5-15(19(20)21)9-14(16)11-18(3)10-13-8-12(13)2/h5-6,9,12-13,17H,4,7-8,10-11H2,1-3H3. The molecule has 1 aliphatic rings. The molecule has 5 nitrogen and oxygen atoms in total. The molecular weight excluding hydrogens is 266 g/mol. The van der Waals surface area contributed by atoms with Crippen molar-refractivity contribution in [3.05, 3.63) is 33.9 Å². The smallest absolute Gasteiger partial charge is 0.269 e. The Bertz CT molecular complexity index is 504. The zero-order valence-electron chi connectivity index (χ0n) is 13.1. The molecule has 2 atom stereocenters. The molecule has 116 valence electrons. The topological polar surface area (TPSA) is 58.4 Å². The minimum absolute atomic E-state index is 0.167. The minimum Gasteiger partial charge on any atom is -0.385 e. The third kappa shape index (κ3) is 4.43. The Morgan fingerprint density at radius 1 is 1.48 bits per heavy atom. The van der Waals surface area contributed by atoms with Crippen LogP contribution in [0.15, 0.2) is 18.2 Å². The largest absolute Gasteiger partial charge is 0.385 e. The Balaban J connectivity index is 2.08. The number of rotatable bonds is 8. The predicted octanol–water partition coefficient (Wildman–Crippen LogP) is 3.50. The average Bonchev–Trinajstić information content (AvgIpc) is 3.12. The predicted molar refractivity (Wildman–Crippen MR) is 85.5 cm³/mol. The van der Waals surface area contributed by atoms with Crippen LogP contribution in [0.3, 0.4) is 0 Å². The summed E-state index contributed by atoms with van der Waals surface area (Å²) in [6, 6.07) is 5.10. The first-order valence-electron chi connectivity index (χ1n) is 7.71. The van der Waals surface area contributed by atoms with Gasteiger partial charge in [-0.15, -0.1) is 0 Å². The van der Waals surface area contributed by atoms with Gasteiger partial charge in [0.2, 0.25) is 0 Å². The number of non-ortho nitro benzene ring substituents is 1. The lowest BCUT2D eigenvalue weighted by Crippen LogP contribution is -2.21. The zero-order valence-corrected chi connectivity index (χ0v) is 13.1. The van der Waals surface area contributed by atoms with E-state index in [1.165, 1.54) is 6.42 Å². The Labute approximate surface area is 126 Å². The van der Waals surface area contributed by atoms with Crippen molar-refractivity contribution < 1.29 is 4.92 Å². The number of hydrogen-bond donors (Lipinski definition) is 1. The van der Waals surface area contributed by atoms with Gasteiger partial charge in [0.25, 0.3) is 5.69 Å². The molecule has 0 spiro atoms. The van der Waals surface area contributed by atoms with E-state index in [-0.39, 0.29) is 10.6 Å². The Morgan fingerprint density at radius 2 is 2.19 bits per heavy atom. The van der Waals surface area contributed by atoms with Crippen molar-refractivity contribution in [1.29, 1.82) is 0 Å². The Morgan fingerprint density at radius 3 is 2.76 bits per heavy atom. The maximum absolute atomic E-state index is 11.0. The van der Waals surface area contributed by atoms with Crippen LogP contribution in [-0.2, 0) is 6.54 Å². The van der Waals surface area contributed by atoms with Gasteiger partial charge >= 0.3 is 0 Å². The molecule has 0 aromatic heterocycles. The summed E-state index contributed by atoms with van der Waals surface area (Å²) in [5, 5.41) is 14.3. The second-order valence-corrected chi connectivity index (χ2v) is 6.20. The molecule has 0 heterocycles. The van der Waals surface area contributed by atoms with E-state index < -0.39 is 0 Å². The van der Waals surface area contributed by atoms with Crippen LogP contribution in [0.2, 0.25) is 0 Å². The highest BCUT2D eigenvalue weighted by atomic mass is 16.6. The van der Waals surface area contributed by atoms with Crippen LogP contribution >= 0.6 is 0 Å². The monoisotopic (exact) mass is 291 g/mol. The average molecular weight is 291 g/mol. The highest BCUT2D eigenvalue weighted by Gasteiger charge is 2.33. The Kier molecular flexibility index (Phi) is 5.17. The molecule has 0 radical (unpaired) electrons. The summed E-state index contributed by atoms with van der Waals surface area (Å²) in [5.41, 5.74) is 2.19. The van der Waals surface area contributed by atoms with Gasteiger partial charge in [-0.25, -0.2) is 0 Å². The van der Waals surface area contributed by atoms with Crippen molar-refractivity contribution in [2.24, 2.45) is 11.8 Å². The van der Waals surface area contributed by atoms with Gasteiger partial charge in [-0.1, -0.05) is 13.8 Å².